The van der Waals surface area contributed by atoms with Crippen LogP contribution in [0.1, 0.15) is 15.9 Å². The van der Waals surface area contributed by atoms with E-state index in [1.165, 1.54) is 12.1 Å². The van der Waals surface area contributed by atoms with Gasteiger partial charge in [0.2, 0.25) is 0 Å². The normalized spacial score (nSPS) is 11.8. The van der Waals surface area contributed by atoms with Gasteiger partial charge in [-0.2, -0.15) is 13.2 Å². The molecule has 0 unspecified atom stereocenters. The Morgan fingerprint density at radius 2 is 1.63 bits per heavy atom. The highest BCUT2D eigenvalue weighted by molar-refractivity contribution is 6.13. The molecule has 4 nitrogen and oxygen atoms in total. The van der Waals surface area contributed by atoms with Gasteiger partial charge in [-0.15, -0.1) is 0 Å². The predicted molar refractivity (Wildman–Crippen MR) is 101 cm³/mol. The van der Waals surface area contributed by atoms with Crippen LogP contribution in [-0.2, 0) is 6.18 Å². The third-order valence-corrected chi connectivity index (χ3v) is 4.53. The van der Waals surface area contributed by atoms with Crippen molar-refractivity contribution in [2.75, 3.05) is 5.32 Å². The van der Waals surface area contributed by atoms with Gasteiger partial charge in [0.1, 0.15) is 11.6 Å². The Morgan fingerprint density at radius 1 is 0.900 bits per heavy atom. The maximum Gasteiger partial charge on any atom is 0.416 e. The Hall–Kier alpha value is -3.75. The SMILES string of the molecule is O=C(Nc1cccc(C(F)(F)F)c1)c1cc(F)cc2c(=O)c3cc(F)ccc3[nH]c12. The summed E-state index contributed by atoms with van der Waals surface area (Å²) in [6, 6.07) is 9.09. The van der Waals surface area contributed by atoms with E-state index in [0.29, 0.717) is 0 Å². The first-order valence-corrected chi connectivity index (χ1v) is 8.57. The monoisotopic (exact) mass is 418 g/mol. The van der Waals surface area contributed by atoms with E-state index >= 15 is 0 Å². The molecule has 0 saturated heterocycles. The largest absolute Gasteiger partial charge is 0.416 e. The van der Waals surface area contributed by atoms with E-state index < -0.39 is 34.7 Å². The average Bonchev–Trinajstić information content (AvgIpc) is 2.68. The van der Waals surface area contributed by atoms with Gasteiger partial charge in [-0.1, -0.05) is 6.07 Å². The Kier molecular flexibility index (Phi) is 4.53. The highest BCUT2D eigenvalue weighted by atomic mass is 19.4. The summed E-state index contributed by atoms with van der Waals surface area (Å²) in [4.78, 5) is 28.2. The summed E-state index contributed by atoms with van der Waals surface area (Å²) >= 11 is 0. The van der Waals surface area contributed by atoms with E-state index in [0.717, 1.165) is 42.5 Å². The van der Waals surface area contributed by atoms with E-state index in [4.69, 9.17) is 0 Å². The molecule has 30 heavy (non-hydrogen) atoms. The fourth-order valence-corrected chi connectivity index (χ4v) is 3.16. The second-order valence-corrected chi connectivity index (χ2v) is 6.55. The van der Waals surface area contributed by atoms with Gasteiger partial charge in [0.15, 0.2) is 5.43 Å². The Balaban J connectivity index is 1.84. The smallest absolute Gasteiger partial charge is 0.354 e. The van der Waals surface area contributed by atoms with Crippen molar-refractivity contribution < 1.29 is 26.7 Å². The molecule has 0 aliphatic rings. The zero-order valence-corrected chi connectivity index (χ0v) is 14.9. The summed E-state index contributed by atoms with van der Waals surface area (Å²) in [5.74, 6) is -2.49. The first-order chi connectivity index (χ1) is 14.1. The number of amides is 1. The van der Waals surface area contributed by atoms with Crippen LogP contribution < -0.4 is 10.7 Å². The number of halogens is 5. The molecule has 0 radical (unpaired) electrons. The number of carbonyl (C=O) groups is 1. The van der Waals surface area contributed by atoms with E-state index in [1.807, 2.05) is 0 Å². The molecular weight excluding hydrogens is 407 g/mol. The van der Waals surface area contributed by atoms with Gasteiger partial charge in [-0.3, -0.25) is 9.59 Å². The van der Waals surface area contributed by atoms with Crippen LogP contribution in [0.3, 0.4) is 0 Å². The fourth-order valence-electron chi connectivity index (χ4n) is 3.16. The zero-order chi connectivity index (χ0) is 21.6. The van der Waals surface area contributed by atoms with Crippen LogP contribution in [0.25, 0.3) is 21.8 Å². The lowest BCUT2D eigenvalue weighted by Gasteiger charge is -2.12. The number of H-pyrrole nitrogens is 1. The molecule has 4 rings (SSSR count). The molecule has 0 fully saturated rings. The van der Waals surface area contributed by atoms with Crippen LogP contribution in [0.5, 0.6) is 0 Å². The van der Waals surface area contributed by atoms with E-state index in [9.17, 15) is 31.5 Å². The van der Waals surface area contributed by atoms with Crippen molar-refractivity contribution in [1.29, 1.82) is 0 Å². The van der Waals surface area contributed by atoms with Gasteiger partial charge in [-0.05, 0) is 48.5 Å². The highest BCUT2D eigenvalue weighted by Gasteiger charge is 2.30. The molecule has 0 aliphatic carbocycles. The van der Waals surface area contributed by atoms with Gasteiger partial charge < -0.3 is 10.3 Å². The van der Waals surface area contributed by atoms with Crippen molar-refractivity contribution in [3.8, 4) is 0 Å². The number of benzene rings is 3. The van der Waals surface area contributed by atoms with Gasteiger partial charge in [0.05, 0.1) is 16.6 Å². The molecule has 0 saturated carbocycles. The summed E-state index contributed by atoms with van der Waals surface area (Å²) in [5, 5.41) is 2.06. The summed E-state index contributed by atoms with van der Waals surface area (Å²) in [7, 11) is 0. The fraction of sp³-hybridized carbons (Fsp3) is 0.0476. The van der Waals surface area contributed by atoms with Gasteiger partial charge >= 0.3 is 6.18 Å². The van der Waals surface area contributed by atoms with Crippen LogP contribution in [-0.4, -0.2) is 10.9 Å². The summed E-state index contributed by atoms with van der Waals surface area (Å²) < 4.78 is 66.3. The van der Waals surface area contributed by atoms with Crippen molar-refractivity contribution in [3.05, 3.63) is 87.6 Å². The van der Waals surface area contributed by atoms with Crippen molar-refractivity contribution in [3.63, 3.8) is 0 Å². The Morgan fingerprint density at radius 3 is 2.37 bits per heavy atom. The zero-order valence-electron chi connectivity index (χ0n) is 14.9. The van der Waals surface area contributed by atoms with Crippen molar-refractivity contribution in [2.24, 2.45) is 0 Å². The molecule has 3 aromatic carbocycles. The van der Waals surface area contributed by atoms with Crippen LogP contribution in [0, 0.1) is 11.6 Å². The molecule has 9 heteroatoms. The minimum absolute atomic E-state index is 0.0232. The number of alkyl halides is 3. The number of aromatic nitrogens is 1. The number of pyridine rings is 1. The lowest BCUT2D eigenvalue weighted by Crippen LogP contribution is -2.16. The van der Waals surface area contributed by atoms with Crippen molar-refractivity contribution >= 4 is 33.4 Å². The van der Waals surface area contributed by atoms with Crippen LogP contribution in [0.4, 0.5) is 27.6 Å². The second kappa shape index (κ2) is 6.94. The molecule has 152 valence electrons. The molecule has 1 amide bonds. The molecule has 0 atom stereocenters. The van der Waals surface area contributed by atoms with Crippen molar-refractivity contribution in [2.45, 2.75) is 6.18 Å². The van der Waals surface area contributed by atoms with Crippen LogP contribution >= 0.6 is 0 Å². The summed E-state index contributed by atoms with van der Waals surface area (Å²) in [6.45, 7) is 0. The van der Waals surface area contributed by atoms with Gasteiger partial charge in [0, 0.05) is 22.0 Å². The molecule has 1 heterocycles. The third-order valence-electron chi connectivity index (χ3n) is 4.53. The lowest BCUT2D eigenvalue weighted by molar-refractivity contribution is -0.137. The van der Waals surface area contributed by atoms with Crippen molar-refractivity contribution in [1.82, 2.24) is 4.98 Å². The first kappa shape index (κ1) is 19.6. The number of carbonyl (C=O) groups excluding carboxylic acids is 1. The summed E-state index contributed by atoms with van der Waals surface area (Å²) in [5.41, 5.74) is -1.90. The maximum absolute atomic E-state index is 14.1. The lowest BCUT2D eigenvalue weighted by atomic mass is 10.0. The topological polar surface area (TPSA) is 62.0 Å². The average molecular weight is 418 g/mol. The van der Waals surface area contributed by atoms with Crippen LogP contribution in [0.2, 0.25) is 0 Å². The molecule has 4 aromatic rings. The summed E-state index contributed by atoms with van der Waals surface area (Å²) in [6.07, 6.45) is -4.61. The Bertz CT molecular complexity index is 1380. The predicted octanol–water partition coefficient (Wildman–Crippen LogP) is 5.23. The van der Waals surface area contributed by atoms with E-state index in [2.05, 4.69) is 10.3 Å². The number of rotatable bonds is 2. The molecule has 0 aliphatic heterocycles. The molecule has 0 bridgehead atoms. The number of hydrogen-bond acceptors (Lipinski definition) is 2. The number of aromatic amines is 1. The highest BCUT2D eigenvalue weighted by Crippen LogP contribution is 2.31. The maximum atomic E-state index is 14.1. The first-order valence-electron chi connectivity index (χ1n) is 8.57. The number of fused-ring (bicyclic) bond motifs is 2. The number of anilines is 1. The molecule has 1 aromatic heterocycles. The Labute approximate surface area is 165 Å². The molecule has 2 N–H and O–H groups in total. The second-order valence-electron chi connectivity index (χ2n) is 6.55. The minimum Gasteiger partial charge on any atom is -0.354 e. The van der Waals surface area contributed by atoms with E-state index in [-0.39, 0.29) is 33.1 Å². The standard InChI is InChI=1S/C21H11F5N2O2/c22-11-4-5-17-14(7-11)19(29)15-8-12(23)9-16(18(15)28-17)20(30)27-13-3-1-2-10(6-13)21(24,25)26/h1-9H,(H,27,30)(H,28,29). The van der Waals surface area contributed by atoms with Crippen LogP contribution in [0.15, 0.2) is 59.4 Å². The quantitative estimate of drug-likeness (QED) is 0.346. The van der Waals surface area contributed by atoms with Gasteiger partial charge in [0.25, 0.3) is 5.91 Å². The molecule has 0 spiro atoms. The minimum atomic E-state index is -4.61. The van der Waals surface area contributed by atoms with Gasteiger partial charge in [-0.25, -0.2) is 8.78 Å². The number of hydrogen-bond donors (Lipinski definition) is 2. The van der Waals surface area contributed by atoms with E-state index in [1.54, 1.807) is 0 Å². The number of nitrogens with one attached hydrogen (secondary N) is 2. The molecular formula is C21H11F5N2O2. The third kappa shape index (κ3) is 3.49.